The van der Waals surface area contributed by atoms with Crippen LogP contribution in [0.2, 0.25) is 0 Å². The summed E-state index contributed by atoms with van der Waals surface area (Å²) in [5, 5.41) is 9.19. The second-order valence-electron chi connectivity index (χ2n) is 7.89. The van der Waals surface area contributed by atoms with Crippen LogP contribution in [0.3, 0.4) is 0 Å². The van der Waals surface area contributed by atoms with E-state index < -0.39 is 5.79 Å². The van der Waals surface area contributed by atoms with Crippen molar-refractivity contribution >= 4 is 0 Å². The Hall–Kier alpha value is -1.14. The van der Waals surface area contributed by atoms with E-state index in [0.717, 1.165) is 12.0 Å². The molecule has 1 aliphatic heterocycles. The van der Waals surface area contributed by atoms with Crippen molar-refractivity contribution in [1.29, 1.82) is 0 Å². The van der Waals surface area contributed by atoms with Gasteiger partial charge in [-0.1, -0.05) is 39.3 Å². The fourth-order valence-corrected chi connectivity index (χ4v) is 4.27. The Kier molecular flexibility index (Phi) is 6.56. The molecule has 3 unspecified atom stereocenters. The van der Waals surface area contributed by atoms with E-state index in [1.54, 1.807) is 0 Å². The molecule has 0 radical (unpaired) electrons. The maximum absolute atomic E-state index is 9.19. The van der Waals surface area contributed by atoms with Gasteiger partial charge in [-0.05, 0) is 42.7 Å². The van der Waals surface area contributed by atoms with E-state index in [1.165, 1.54) is 12.8 Å². The number of hydrogen-bond donors (Lipinski definition) is 1. The first kappa shape index (κ1) is 19.6. The normalized spacial score (nSPS) is 28.4. The lowest BCUT2D eigenvalue weighted by atomic mass is 9.75. The highest BCUT2D eigenvalue weighted by molar-refractivity contribution is 5.37. The van der Waals surface area contributed by atoms with Crippen molar-refractivity contribution in [2.24, 2.45) is 17.8 Å². The van der Waals surface area contributed by atoms with Gasteiger partial charge in [-0.2, -0.15) is 0 Å². The summed E-state index contributed by atoms with van der Waals surface area (Å²) in [6.07, 6.45) is 3.78. The number of rotatable bonds is 7. The summed E-state index contributed by atoms with van der Waals surface area (Å²) in [4.78, 5) is 0. The molecular weight excluding hydrogens is 332 g/mol. The average Bonchev–Trinajstić information content (AvgIpc) is 3.10. The molecule has 2 aliphatic rings. The van der Waals surface area contributed by atoms with Gasteiger partial charge in [0, 0.05) is 0 Å². The highest BCUT2D eigenvalue weighted by Gasteiger charge is 2.43. The molecule has 1 aliphatic carbocycles. The van der Waals surface area contributed by atoms with E-state index in [-0.39, 0.29) is 12.9 Å². The van der Waals surface area contributed by atoms with E-state index in [2.05, 4.69) is 20.8 Å². The van der Waals surface area contributed by atoms with Crippen LogP contribution in [0.1, 0.15) is 45.6 Å². The van der Waals surface area contributed by atoms with Gasteiger partial charge in [0.15, 0.2) is 6.79 Å². The molecule has 1 aromatic carbocycles. The van der Waals surface area contributed by atoms with Crippen LogP contribution in [-0.4, -0.2) is 37.8 Å². The van der Waals surface area contributed by atoms with Crippen molar-refractivity contribution in [2.75, 3.05) is 26.6 Å². The zero-order valence-corrected chi connectivity index (χ0v) is 16.1. The number of aliphatic hydroxyl groups is 1. The summed E-state index contributed by atoms with van der Waals surface area (Å²) in [7, 11) is 0. The van der Waals surface area contributed by atoms with Gasteiger partial charge in [0.2, 0.25) is 5.79 Å². The van der Waals surface area contributed by atoms with Crippen LogP contribution in [0.5, 0.6) is 5.75 Å². The van der Waals surface area contributed by atoms with Gasteiger partial charge < -0.3 is 24.1 Å². The molecule has 146 valence electrons. The second kappa shape index (κ2) is 8.70. The summed E-state index contributed by atoms with van der Waals surface area (Å²) >= 11 is 0. The van der Waals surface area contributed by atoms with Crippen LogP contribution in [0.4, 0.5) is 0 Å². The molecule has 1 saturated heterocycles. The molecule has 0 amide bonds. The van der Waals surface area contributed by atoms with E-state index in [0.29, 0.717) is 43.3 Å². The molecule has 26 heavy (non-hydrogen) atoms. The maximum Gasteiger partial charge on any atom is 0.222 e. The summed E-state index contributed by atoms with van der Waals surface area (Å²) in [6.45, 7) is 7.84. The molecule has 0 spiro atoms. The molecule has 0 bridgehead atoms. The van der Waals surface area contributed by atoms with Crippen molar-refractivity contribution in [3.05, 3.63) is 29.8 Å². The van der Waals surface area contributed by atoms with Gasteiger partial charge in [0.1, 0.15) is 12.4 Å². The summed E-state index contributed by atoms with van der Waals surface area (Å²) in [6, 6.07) is 7.53. The topological polar surface area (TPSA) is 57.2 Å². The summed E-state index contributed by atoms with van der Waals surface area (Å²) < 4.78 is 23.9. The monoisotopic (exact) mass is 364 g/mol. The molecule has 1 saturated carbocycles. The van der Waals surface area contributed by atoms with Gasteiger partial charge in [-0.15, -0.1) is 0 Å². The third-order valence-electron chi connectivity index (χ3n) is 5.72. The third kappa shape index (κ3) is 4.22. The SMILES string of the molecule is CC1CCC(C(C)C)C(OCC2(c3ccccc3OCO)OCCO2)C1. The smallest absolute Gasteiger partial charge is 0.222 e. The Morgan fingerprint density at radius 2 is 1.92 bits per heavy atom. The van der Waals surface area contributed by atoms with Gasteiger partial charge in [0.25, 0.3) is 0 Å². The predicted octanol–water partition coefficient (Wildman–Crippen LogP) is 3.69. The first-order chi connectivity index (χ1) is 12.6. The Labute approximate surface area is 156 Å². The van der Waals surface area contributed by atoms with Gasteiger partial charge >= 0.3 is 0 Å². The highest BCUT2D eigenvalue weighted by Crippen LogP contribution is 2.40. The van der Waals surface area contributed by atoms with Crippen LogP contribution < -0.4 is 4.74 Å². The van der Waals surface area contributed by atoms with Crippen LogP contribution in [0, 0.1) is 17.8 Å². The fourth-order valence-electron chi connectivity index (χ4n) is 4.27. The molecular formula is C21H32O5. The van der Waals surface area contributed by atoms with Crippen LogP contribution in [0.15, 0.2) is 24.3 Å². The second-order valence-corrected chi connectivity index (χ2v) is 7.89. The van der Waals surface area contributed by atoms with Crippen LogP contribution >= 0.6 is 0 Å². The van der Waals surface area contributed by atoms with Gasteiger partial charge in [0.05, 0.1) is 24.9 Å². The predicted molar refractivity (Wildman–Crippen MR) is 98.8 cm³/mol. The van der Waals surface area contributed by atoms with E-state index >= 15 is 0 Å². The van der Waals surface area contributed by atoms with Gasteiger partial charge in [-0.25, -0.2) is 0 Å². The highest BCUT2D eigenvalue weighted by atomic mass is 16.8. The van der Waals surface area contributed by atoms with Crippen molar-refractivity contribution in [3.8, 4) is 5.75 Å². The first-order valence-corrected chi connectivity index (χ1v) is 9.78. The number of benzene rings is 1. The fraction of sp³-hybridized carbons (Fsp3) is 0.714. The number of hydrogen-bond acceptors (Lipinski definition) is 5. The lowest BCUT2D eigenvalue weighted by Crippen LogP contribution is -2.40. The zero-order valence-electron chi connectivity index (χ0n) is 16.1. The molecule has 5 heteroatoms. The third-order valence-corrected chi connectivity index (χ3v) is 5.72. The van der Waals surface area contributed by atoms with Crippen molar-refractivity contribution in [2.45, 2.75) is 51.9 Å². The Morgan fingerprint density at radius 1 is 1.19 bits per heavy atom. The number of ether oxygens (including phenoxy) is 4. The first-order valence-electron chi connectivity index (χ1n) is 9.78. The molecule has 5 nitrogen and oxygen atoms in total. The number of aliphatic hydroxyl groups excluding tert-OH is 1. The van der Waals surface area contributed by atoms with Crippen molar-refractivity contribution in [1.82, 2.24) is 0 Å². The van der Waals surface area contributed by atoms with E-state index in [9.17, 15) is 5.11 Å². The Morgan fingerprint density at radius 3 is 2.62 bits per heavy atom. The van der Waals surface area contributed by atoms with Crippen molar-refractivity contribution < 1.29 is 24.1 Å². The largest absolute Gasteiger partial charge is 0.467 e. The summed E-state index contributed by atoms with van der Waals surface area (Å²) in [5.74, 6) is 1.44. The Balaban J connectivity index is 1.78. The molecule has 3 atom stereocenters. The molecule has 1 N–H and O–H groups in total. The van der Waals surface area contributed by atoms with E-state index in [4.69, 9.17) is 18.9 Å². The molecule has 3 rings (SSSR count). The molecule has 0 aromatic heterocycles. The minimum absolute atomic E-state index is 0.217. The quantitative estimate of drug-likeness (QED) is 0.748. The Bertz CT molecular complexity index is 567. The maximum atomic E-state index is 9.19. The lowest BCUT2D eigenvalue weighted by molar-refractivity contribution is -0.220. The lowest BCUT2D eigenvalue weighted by Gasteiger charge is -2.39. The van der Waals surface area contributed by atoms with E-state index in [1.807, 2.05) is 24.3 Å². The standard InChI is InChI=1S/C21H32O5/c1-15(2)17-9-8-16(3)12-20(17)23-13-21(25-10-11-26-21)18-6-4-5-7-19(18)24-14-22/h4-7,15-17,20,22H,8-14H2,1-3H3. The summed E-state index contributed by atoms with van der Waals surface area (Å²) in [5.41, 5.74) is 0.775. The van der Waals surface area contributed by atoms with Gasteiger partial charge in [-0.3, -0.25) is 0 Å². The minimum Gasteiger partial charge on any atom is -0.467 e. The average molecular weight is 364 g/mol. The van der Waals surface area contributed by atoms with Crippen LogP contribution in [-0.2, 0) is 20.0 Å². The minimum atomic E-state index is -0.964. The molecule has 2 fully saturated rings. The molecule has 1 heterocycles. The van der Waals surface area contributed by atoms with Crippen LogP contribution in [0.25, 0.3) is 0 Å². The molecule has 1 aromatic rings. The number of para-hydroxylation sites is 1. The van der Waals surface area contributed by atoms with Crippen molar-refractivity contribution in [3.63, 3.8) is 0 Å². The zero-order chi connectivity index (χ0) is 18.6.